The third-order valence-corrected chi connectivity index (χ3v) is 5.29. The molecule has 0 saturated carbocycles. The van der Waals surface area contributed by atoms with Crippen LogP contribution in [0, 0.1) is 0 Å². The van der Waals surface area contributed by atoms with Gasteiger partial charge >= 0.3 is 0 Å². The topological polar surface area (TPSA) is 87.9 Å². The average Bonchev–Trinajstić information content (AvgIpc) is 3.29. The molecule has 25 heavy (non-hydrogen) atoms. The Kier molecular flexibility index (Phi) is 6.08. The van der Waals surface area contributed by atoms with Gasteiger partial charge in [-0.15, -0.1) is 16.4 Å². The highest BCUT2D eigenvalue weighted by molar-refractivity contribution is 7.99. The summed E-state index contributed by atoms with van der Waals surface area (Å²) in [5.41, 5.74) is 6.73. The van der Waals surface area contributed by atoms with Gasteiger partial charge in [0, 0.05) is 11.4 Å². The number of thioether (sulfide) groups is 1. The van der Waals surface area contributed by atoms with E-state index >= 15 is 0 Å². The summed E-state index contributed by atoms with van der Waals surface area (Å²) >= 11 is 2.95. The largest absolute Gasteiger partial charge is 0.368 e. The van der Waals surface area contributed by atoms with Crippen LogP contribution >= 0.6 is 23.1 Å². The Morgan fingerprint density at radius 2 is 2.08 bits per heavy atom. The third-order valence-electron chi connectivity index (χ3n) is 3.60. The molecule has 8 heteroatoms. The van der Waals surface area contributed by atoms with Crippen LogP contribution in [0.2, 0.25) is 0 Å². The molecule has 0 bridgehead atoms. The van der Waals surface area contributed by atoms with Crippen LogP contribution in [-0.2, 0) is 17.8 Å². The summed E-state index contributed by atoms with van der Waals surface area (Å²) in [5.74, 6) is 0.615. The smallest absolute Gasteiger partial charge is 0.233 e. The maximum atomic E-state index is 12.7. The maximum Gasteiger partial charge on any atom is 0.233 e. The van der Waals surface area contributed by atoms with E-state index in [2.05, 4.69) is 33.4 Å². The number of hydrogen-bond donors (Lipinski definition) is 2. The average molecular weight is 374 g/mol. The van der Waals surface area contributed by atoms with E-state index in [4.69, 9.17) is 5.73 Å². The number of thiophene rings is 1. The molecule has 3 rings (SSSR count). The van der Waals surface area contributed by atoms with Gasteiger partial charge < -0.3 is 10.6 Å². The van der Waals surface area contributed by atoms with E-state index in [0.717, 1.165) is 6.42 Å². The van der Waals surface area contributed by atoms with E-state index in [0.29, 0.717) is 18.2 Å². The molecule has 0 saturated heterocycles. The van der Waals surface area contributed by atoms with Crippen LogP contribution in [0.1, 0.15) is 10.4 Å². The Hall–Kier alpha value is -2.32. The number of nitrogens with one attached hydrogen (secondary N) is 1. The van der Waals surface area contributed by atoms with Crippen molar-refractivity contribution in [2.24, 2.45) is 0 Å². The van der Waals surface area contributed by atoms with Gasteiger partial charge in [0.1, 0.15) is 0 Å². The summed E-state index contributed by atoms with van der Waals surface area (Å²) in [7, 11) is 0. The number of nitrogen functional groups attached to an aromatic ring is 1. The van der Waals surface area contributed by atoms with E-state index in [-0.39, 0.29) is 17.6 Å². The Balaban J connectivity index is 1.61. The highest BCUT2D eigenvalue weighted by Crippen LogP contribution is 2.17. The van der Waals surface area contributed by atoms with Gasteiger partial charge in [-0.25, -0.2) is 5.10 Å². The molecule has 1 aromatic carbocycles. The van der Waals surface area contributed by atoms with E-state index in [1.807, 2.05) is 34.5 Å². The molecule has 0 spiro atoms. The number of aromatic amines is 1. The fourth-order valence-corrected chi connectivity index (χ4v) is 3.76. The fourth-order valence-electron chi connectivity index (χ4n) is 2.33. The molecule has 0 aliphatic heterocycles. The van der Waals surface area contributed by atoms with Crippen molar-refractivity contribution in [2.45, 2.75) is 18.1 Å². The number of carbonyl (C=O) groups is 1. The van der Waals surface area contributed by atoms with Gasteiger partial charge in [-0.1, -0.05) is 48.2 Å². The van der Waals surface area contributed by atoms with Crippen molar-refractivity contribution in [1.82, 2.24) is 20.1 Å². The second-order valence-electron chi connectivity index (χ2n) is 5.42. The summed E-state index contributed by atoms with van der Waals surface area (Å²) < 4.78 is 0. The zero-order chi connectivity index (χ0) is 17.5. The highest BCUT2D eigenvalue weighted by atomic mass is 32.2. The molecular weight excluding hydrogens is 354 g/mol. The summed E-state index contributed by atoms with van der Waals surface area (Å²) in [5, 5.41) is 9.05. The van der Waals surface area contributed by atoms with Crippen LogP contribution in [-0.4, -0.2) is 38.3 Å². The zero-order valence-electron chi connectivity index (χ0n) is 13.6. The van der Waals surface area contributed by atoms with Crippen molar-refractivity contribution in [3.63, 3.8) is 0 Å². The van der Waals surface area contributed by atoms with Gasteiger partial charge in [0.15, 0.2) is 0 Å². The number of amides is 1. The molecule has 0 aliphatic carbocycles. The molecule has 0 fully saturated rings. The molecule has 0 atom stereocenters. The van der Waals surface area contributed by atoms with Crippen LogP contribution in [0.3, 0.4) is 0 Å². The monoisotopic (exact) mass is 373 g/mol. The molecule has 0 aliphatic rings. The Labute approximate surface area is 154 Å². The van der Waals surface area contributed by atoms with Crippen molar-refractivity contribution in [1.29, 1.82) is 0 Å². The molecule has 2 aromatic heterocycles. The lowest BCUT2D eigenvalue weighted by Crippen LogP contribution is -2.33. The van der Waals surface area contributed by atoms with Crippen molar-refractivity contribution < 1.29 is 4.79 Å². The van der Waals surface area contributed by atoms with Gasteiger partial charge in [-0.2, -0.15) is 4.98 Å². The predicted molar refractivity (Wildman–Crippen MR) is 101 cm³/mol. The van der Waals surface area contributed by atoms with Crippen LogP contribution in [0.25, 0.3) is 0 Å². The molecule has 6 nitrogen and oxygen atoms in total. The minimum absolute atomic E-state index is 0.0673. The van der Waals surface area contributed by atoms with Gasteiger partial charge in [0.25, 0.3) is 0 Å². The van der Waals surface area contributed by atoms with Crippen LogP contribution in [0.15, 0.2) is 53.0 Å². The summed E-state index contributed by atoms with van der Waals surface area (Å²) in [6.45, 7) is 1.30. The molecule has 0 unspecified atom stereocenters. The van der Waals surface area contributed by atoms with Crippen molar-refractivity contribution in [3.05, 3.63) is 58.3 Å². The molecule has 2 heterocycles. The number of nitrogens with zero attached hydrogens (tertiary/aromatic N) is 3. The van der Waals surface area contributed by atoms with Crippen LogP contribution in [0.5, 0.6) is 0 Å². The first-order chi connectivity index (χ1) is 12.2. The van der Waals surface area contributed by atoms with Gasteiger partial charge in [0.2, 0.25) is 17.0 Å². The molecule has 0 radical (unpaired) electrons. The van der Waals surface area contributed by atoms with Crippen molar-refractivity contribution in [3.8, 4) is 0 Å². The minimum atomic E-state index is 0.0673. The van der Waals surface area contributed by atoms with E-state index < -0.39 is 0 Å². The van der Waals surface area contributed by atoms with E-state index in [1.54, 1.807) is 11.3 Å². The van der Waals surface area contributed by atoms with Gasteiger partial charge in [-0.05, 0) is 23.4 Å². The number of aromatic nitrogens is 3. The van der Waals surface area contributed by atoms with Gasteiger partial charge in [-0.3, -0.25) is 4.79 Å². The van der Waals surface area contributed by atoms with Crippen molar-refractivity contribution in [2.75, 3.05) is 18.0 Å². The quantitative estimate of drug-likeness (QED) is 0.593. The van der Waals surface area contributed by atoms with Crippen molar-refractivity contribution >= 4 is 35.0 Å². The van der Waals surface area contributed by atoms with Crippen LogP contribution < -0.4 is 5.73 Å². The lowest BCUT2D eigenvalue weighted by atomic mass is 10.1. The second-order valence-corrected chi connectivity index (χ2v) is 7.40. The standard InChI is InChI=1S/C17H19N5OS2/c18-16-19-17(21-20-16)25-12-15(23)22(11-14-7-4-10-24-14)9-8-13-5-2-1-3-6-13/h1-7,10H,8-9,11-12H2,(H3,18,19,20,21). The zero-order valence-corrected chi connectivity index (χ0v) is 15.2. The third kappa shape index (κ3) is 5.33. The Morgan fingerprint density at radius 1 is 1.24 bits per heavy atom. The first kappa shape index (κ1) is 17.5. The Bertz CT molecular complexity index is 788. The highest BCUT2D eigenvalue weighted by Gasteiger charge is 2.16. The first-order valence-electron chi connectivity index (χ1n) is 7.85. The second kappa shape index (κ2) is 8.68. The number of benzene rings is 1. The first-order valence-corrected chi connectivity index (χ1v) is 9.72. The maximum absolute atomic E-state index is 12.7. The van der Waals surface area contributed by atoms with Crippen LogP contribution in [0.4, 0.5) is 5.95 Å². The summed E-state index contributed by atoms with van der Waals surface area (Å²) in [6, 6.07) is 14.3. The number of nitrogens with two attached hydrogens (primary N) is 1. The SMILES string of the molecule is Nc1nc(SCC(=O)N(CCc2ccccc2)Cc2cccs2)n[nH]1. The minimum Gasteiger partial charge on any atom is -0.368 e. The summed E-state index contributed by atoms with van der Waals surface area (Å²) in [4.78, 5) is 19.8. The Morgan fingerprint density at radius 3 is 2.76 bits per heavy atom. The number of anilines is 1. The molecule has 1 amide bonds. The summed E-state index contributed by atoms with van der Waals surface area (Å²) in [6.07, 6.45) is 0.830. The molecule has 3 N–H and O–H groups in total. The molecule has 3 aromatic rings. The lowest BCUT2D eigenvalue weighted by molar-refractivity contribution is -0.128. The normalized spacial score (nSPS) is 10.7. The molecule has 130 valence electrons. The number of H-pyrrole nitrogens is 1. The van der Waals surface area contributed by atoms with E-state index in [1.165, 1.54) is 22.2 Å². The van der Waals surface area contributed by atoms with E-state index in [9.17, 15) is 4.79 Å². The van der Waals surface area contributed by atoms with Gasteiger partial charge in [0.05, 0.1) is 12.3 Å². The number of hydrogen-bond acceptors (Lipinski definition) is 6. The number of carbonyl (C=O) groups excluding carboxylic acids is 1. The molecular formula is C17H19N5OS2. The predicted octanol–water partition coefficient (Wildman–Crippen LogP) is 2.81. The lowest BCUT2D eigenvalue weighted by Gasteiger charge is -2.22. The number of rotatable bonds is 8. The fraction of sp³-hybridized carbons (Fsp3) is 0.235.